The van der Waals surface area contributed by atoms with Crippen LogP contribution in [0.25, 0.3) is 10.9 Å². The molecule has 12 heteroatoms. The third-order valence-corrected chi connectivity index (χ3v) is 6.92. The van der Waals surface area contributed by atoms with E-state index in [1.807, 2.05) is 13.0 Å². The molecule has 31 heavy (non-hydrogen) atoms. The van der Waals surface area contributed by atoms with Crippen molar-refractivity contribution in [1.29, 1.82) is 0 Å². The Bertz CT molecular complexity index is 1290. The van der Waals surface area contributed by atoms with Gasteiger partial charge in [0.1, 0.15) is 10.6 Å². The van der Waals surface area contributed by atoms with E-state index in [2.05, 4.69) is 15.2 Å². The lowest BCUT2D eigenvalue weighted by atomic mass is 10.1. The van der Waals surface area contributed by atoms with Gasteiger partial charge in [0.05, 0.1) is 23.7 Å². The number of aromatic nitrogens is 1. The molecule has 1 aliphatic rings. The second kappa shape index (κ2) is 8.06. The fourth-order valence-corrected chi connectivity index (χ4v) is 4.92. The zero-order valence-electron chi connectivity index (χ0n) is 16.5. The molecule has 0 amide bonds. The van der Waals surface area contributed by atoms with Gasteiger partial charge in [0, 0.05) is 30.6 Å². The normalized spacial score (nSPS) is 15.6. The van der Waals surface area contributed by atoms with Crippen LogP contribution in [0.15, 0.2) is 51.5 Å². The summed E-state index contributed by atoms with van der Waals surface area (Å²) in [5.74, 6) is -0.215. The second-order valence-corrected chi connectivity index (χ2v) is 8.85. The van der Waals surface area contributed by atoms with Crippen molar-refractivity contribution in [1.82, 2.24) is 9.29 Å². The predicted octanol–water partition coefficient (Wildman–Crippen LogP) is 3.53. The van der Waals surface area contributed by atoms with Gasteiger partial charge < -0.3 is 14.8 Å². The number of rotatable bonds is 5. The molecule has 1 aromatic heterocycles. The van der Waals surface area contributed by atoms with Gasteiger partial charge in [0.2, 0.25) is 15.9 Å². The Labute approximate surface area is 177 Å². The number of nitrogens with one attached hydrogen (secondary N) is 1. The van der Waals surface area contributed by atoms with Crippen LogP contribution in [-0.2, 0) is 14.8 Å². The largest absolute Gasteiger partial charge is 0.493 e. The first-order valence-electron chi connectivity index (χ1n) is 9.37. The molecule has 0 bridgehead atoms. The smallest absolute Gasteiger partial charge is 0.270 e. The number of nitro groups is 1. The maximum atomic E-state index is 13.2. The SMILES string of the molecule is Cc1cccc2c(N=Nc3ccc([N+](=O)[O-])cc3S(=O)(=O)N3CCOCC3)c(O)[nH]c12. The van der Waals surface area contributed by atoms with E-state index in [4.69, 9.17) is 4.74 Å². The van der Waals surface area contributed by atoms with E-state index in [0.29, 0.717) is 10.9 Å². The quantitative estimate of drug-likeness (QED) is 0.348. The van der Waals surface area contributed by atoms with Crippen LogP contribution < -0.4 is 0 Å². The summed E-state index contributed by atoms with van der Waals surface area (Å²) >= 11 is 0. The zero-order chi connectivity index (χ0) is 22.2. The molecule has 0 atom stereocenters. The fourth-order valence-electron chi connectivity index (χ4n) is 3.37. The van der Waals surface area contributed by atoms with Gasteiger partial charge in [-0.1, -0.05) is 18.2 Å². The van der Waals surface area contributed by atoms with Crippen molar-refractivity contribution in [2.24, 2.45) is 10.2 Å². The van der Waals surface area contributed by atoms with Crippen molar-refractivity contribution in [2.75, 3.05) is 26.3 Å². The number of morpholine rings is 1. The summed E-state index contributed by atoms with van der Waals surface area (Å²) in [5, 5.41) is 30.2. The number of para-hydroxylation sites is 1. The highest BCUT2D eigenvalue weighted by molar-refractivity contribution is 7.89. The van der Waals surface area contributed by atoms with E-state index < -0.39 is 14.9 Å². The van der Waals surface area contributed by atoms with Gasteiger partial charge in [-0.2, -0.15) is 4.31 Å². The molecular formula is C19H19N5O6S. The number of hydrogen-bond acceptors (Lipinski definition) is 8. The Morgan fingerprint density at radius 2 is 1.94 bits per heavy atom. The highest BCUT2D eigenvalue weighted by atomic mass is 32.2. The monoisotopic (exact) mass is 445 g/mol. The zero-order valence-corrected chi connectivity index (χ0v) is 17.3. The van der Waals surface area contributed by atoms with E-state index in [1.54, 1.807) is 12.1 Å². The number of fused-ring (bicyclic) bond motifs is 1. The molecule has 162 valence electrons. The number of nitrogens with zero attached hydrogens (tertiary/aromatic N) is 4. The van der Waals surface area contributed by atoms with Crippen LogP contribution in [0.1, 0.15) is 5.56 Å². The molecule has 0 saturated carbocycles. The Balaban J connectivity index is 1.81. The third-order valence-electron chi connectivity index (χ3n) is 5.00. The minimum Gasteiger partial charge on any atom is -0.493 e. The molecule has 2 heterocycles. The number of aryl methyl sites for hydroxylation is 1. The van der Waals surface area contributed by atoms with Crippen LogP contribution in [0.2, 0.25) is 0 Å². The average Bonchev–Trinajstić information content (AvgIpc) is 3.09. The Morgan fingerprint density at radius 1 is 1.19 bits per heavy atom. The molecule has 2 aromatic carbocycles. The molecule has 0 unspecified atom stereocenters. The molecule has 11 nitrogen and oxygen atoms in total. The van der Waals surface area contributed by atoms with Crippen LogP contribution in [0, 0.1) is 17.0 Å². The maximum Gasteiger partial charge on any atom is 0.270 e. The molecule has 0 radical (unpaired) electrons. The summed E-state index contributed by atoms with van der Waals surface area (Å²) in [6, 6.07) is 8.76. The van der Waals surface area contributed by atoms with E-state index in [0.717, 1.165) is 17.7 Å². The van der Waals surface area contributed by atoms with Crippen LogP contribution >= 0.6 is 0 Å². The van der Waals surface area contributed by atoms with E-state index in [1.165, 1.54) is 10.4 Å². The summed E-state index contributed by atoms with van der Waals surface area (Å²) < 4.78 is 32.7. The molecule has 0 spiro atoms. The molecule has 1 saturated heterocycles. The molecule has 1 aliphatic heterocycles. The number of azo groups is 1. The summed E-state index contributed by atoms with van der Waals surface area (Å²) in [7, 11) is -4.07. The number of hydrogen-bond donors (Lipinski definition) is 2. The predicted molar refractivity (Wildman–Crippen MR) is 112 cm³/mol. The highest BCUT2D eigenvalue weighted by Crippen LogP contribution is 2.39. The number of aromatic hydroxyl groups is 1. The summed E-state index contributed by atoms with van der Waals surface area (Å²) in [6.45, 7) is 2.58. The number of ether oxygens (including phenoxy) is 1. The Morgan fingerprint density at radius 3 is 2.65 bits per heavy atom. The third kappa shape index (κ3) is 3.87. The van der Waals surface area contributed by atoms with Gasteiger partial charge >= 0.3 is 0 Å². The maximum absolute atomic E-state index is 13.2. The molecule has 1 fully saturated rings. The highest BCUT2D eigenvalue weighted by Gasteiger charge is 2.30. The van der Waals surface area contributed by atoms with Gasteiger partial charge in [0.15, 0.2) is 5.69 Å². The Hall–Kier alpha value is -3.35. The number of benzene rings is 2. The van der Waals surface area contributed by atoms with Gasteiger partial charge in [0.25, 0.3) is 5.69 Å². The number of non-ortho nitro benzene ring substituents is 1. The number of H-pyrrole nitrogens is 1. The summed E-state index contributed by atoms with van der Waals surface area (Å²) in [5.41, 5.74) is 1.26. The molecule has 0 aliphatic carbocycles. The van der Waals surface area contributed by atoms with Crippen LogP contribution in [0.3, 0.4) is 0 Å². The van der Waals surface area contributed by atoms with Crippen molar-refractivity contribution < 1.29 is 23.2 Å². The lowest BCUT2D eigenvalue weighted by molar-refractivity contribution is -0.385. The Kier molecular flexibility index (Phi) is 5.43. The van der Waals surface area contributed by atoms with Gasteiger partial charge in [-0.05, 0) is 18.6 Å². The average molecular weight is 445 g/mol. The van der Waals surface area contributed by atoms with Crippen LogP contribution in [-0.4, -0.2) is 54.0 Å². The van der Waals surface area contributed by atoms with Gasteiger partial charge in [-0.15, -0.1) is 10.2 Å². The minimum atomic E-state index is -4.07. The van der Waals surface area contributed by atoms with E-state index in [-0.39, 0.29) is 54.1 Å². The molecule has 4 rings (SSSR count). The van der Waals surface area contributed by atoms with Crippen molar-refractivity contribution in [3.05, 3.63) is 52.1 Å². The van der Waals surface area contributed by atoms with Crippen molar-refractivity contribution >= 4 is 38.0 Å². The summed E-state index contributed by atoms with van der Waals surface area (Å²) in [6.07, 6.45) is 0. The lowest BCUT2D eigenvalue weighted by Gasteiger charge is -2.26. The second-order valence-electron chi connectivity index (χ2n) is 6.95. The molecule has 2 N–H and O–H groups in total. The summed E-state index contributed by atoms with van der Waals surface area (Å²) in [4.78, 5) is 13.0. The van der Waals surface area contributed by atoms with E-state index in [9.17, 15) is 23.6 Å². The standard InChI is InChI=1S/C19H19N5O6S/c1-12-3-2-4-14-17(12)20-19(25)18(14)22-21-15-6-5-13(24(26)27)11-16(15)31(28,29)23-7-9-30-10-8-23/h2-6,11,20,25H,7-10H2,1H3. The molecule has 3 aromatic rings. The van der Waals surface area contributed by atoms with Crippen LogP contribution in [0.4, 0.5) is 17.1 Å². The first-order valence-corrected chi connectivity index (χ1v) is 10.8. The topological polar surface area (TPSA) is 150 Å². The van der Waals surface area contributed by atoms with E-state index >= 15 is 0 Å². The van der Waals surface area contributed by atoms with Gasteiger partial charge in [-0.3, -0.25) is 10.1 Å². The lowest BCUT2D eigenvalue weighted by Crippen LogP contribution is -2.40. The van der Waals surface area contributed by atoms with Crippen molar-refractivity contribution in [2.45, 2.75) is 11.8 Å². The number of aromatic amines is 1. The molecular weight excluding hydrogens is 426 g/mol. The fraction of sp³-hybridized carbons (Fsp3) is 0.263. The van der Waals surface area contributed by atoms with Crippen molar-refractivity contribution in [3.8, 4) is 5.88 Å². The number of sulfonamides is 1. The first-order chi connectivity index (χ1) is 14.8. The number of nitro benzene ring substituents is 1. The minimum absolute atomic E-state index is 0.0708. The van der Waals surface area contributed by atoms with Crippen molar-refractivity contribution in [3.63, 3.8) is 0 Å². The van der Waals surface area contributed by atoms with Crippen LogP contribution in [0.5, 0.6) is 5.88 Å². The first kappa shape index (κ1) is 20.9. The van der Waals surface area contributed by atoms with Gasteiger partial charge in [-0.25, -0.2) is 8.42 Å².